The van der Waals surface area contributed by atoms with Crippen LogP contribution in [0.2, 0.25) is 0 Å². The Labute approximate surface area is 64.6 Å². The maximum Gasteiger partial charge on any atom is 2.00 e. The van der Waals surface area contributed by atoms with Gasteiger partial charge in [0.1, 0.15) is 0 Å². The molecule has 0 saturated heterocycles. The Hall–Kier alpha value is -0.632. The third-order valence-corrected chi connectivity index (χ3v) is 0.686. The van der Waals surface area contributed by atoms with Crippen LogP contribution in [0.3, 0.4) is 0 Å². The van der Waals surface area contributed by atoms with Crippen LogP contribution < -0.4 is 11.2 Å². The summed E-state index contributed by atoms with van der Waals surface area (Å²) in [6, 6.07) is 1.24. The van der Waals surface area contributed by atoms with Gasteiger partial charge in [-0.1, -0.05) is 0 Å². The molecule has 0 unspecified atom stereocenters. The summed E-state index contributed by atoms with van der Waals surface area (Å²) in [5, 5.41) is 0. The van der Waals surface area contributed by atoms with Gasteiger partial charge in [-0.3, -0.25) is 9.78 Å². The van der Waals surface area contributed by atoms with Crippen molar-refractivity contribution in [3.63, 3.8) is 0 Å². The number of nitrogens with one attached hydrogen (secondary N) is 2. The third-order valence-electron chi connectivity index (χ3n) is 0.686. The molecule has 0 aliphatic rings. The molecule has 0 aliphatic carbocycles. The second-order valence-electron chi connectivity index (χ2n) is 1.30. The molecule has 0 aromatic carbocycles. The molecule has 1 aromatic heterocycles. The molecule has 0 saturated carbocycles. The van der Waals surface area contributed by atoms with Crippen LogP contribution in [0, 0.1) is 0 Å². The maximum atomic E-state index is 10.2. The van der Waals surface area contributed by atoms with Gasteiger partial charge in [0.25, 0.3) is 5.56 Å². The first-order chi connectivity index (χ1) is 3.79. The smallest absolute Gasteiger partial charge is 0.314 e. The molecular weight excluding hydrogens is 303 g/mol. The zero-order valence-electron chi connectivity index (χ0n) is 4.29. The van der Waals surface area contributed by atoms with Crippen molar-refractivity contribution in [3.05, 3.63) is 33.1 Å². The molecule has 0 aliphatic heterocycles. The number of hydrogen-bond acceptors (Lipinski definition) is 2. The summed E-state index contributed by atoms with van der Waals surface area (Å²) >= 11 is 0. The third kappa shape index (κ3) is 2.42. The van der Waals surface area contributed by atoms with Crippen LogP contribution in [0.4, 0.5) is 0 Å². The molecule has 4 nitrogen and oxygen atoms in total. The van der Waals surface area contributed by atoms with Gasteiger partial charge in [0.2, 0.25) is 0 Å². The summed E-state index contributed by atoms with van der Waals surface area (Å²) in [6.45, 7) is 0. The molecule has 50 valence electrons. The van der Waals surface area contributed by atoms with Crippen molar-refractivity contribution in [2.45, 2.75) is 0 Å². The van der Waals surface area contributed by atoms with Gasteiger partial charge >= 0.3 is 26.8 Å². The monoisotopic (exact) mass is 307 g/mol. The van der Waals surface area contributed by atoms with Gasteiger partial charge in [0.05, 0.1) is 0 Å². The standard InChI is InChI=1S/C4H4N2O2.Pt/c7-3-1-2-5-4(8)6-3;/h1-2H,(H2,5,6,7,8);/q;+2. The van der Waals surface area contributed by atoms with Crippen molar-refractivity contribution in [3.8, 4) is 0 Å². The van der Waals surface area contributed by atoms with E-state index in [1.807, 2.05) is 4.98 Å². The number of hydrogen-bond donors (Lipinski definition) is 2. The van der Waals surface area contributed by atoms with Crippen molar-refractivity contribution in [2.24, 2.45) is 0 Å². The molecule has 0 spiro atoms. The Bertz CT molecular complexity index is 251. The minimum atomic E-state index is -0.475. The SMILES string of the molecule is O=c1cc[nH]c(=O)[nH]1.[Pt+2]. The van der Waals surface area contributed by atoms with Gasteiger partial charge in [-0.2, -0.15) is 0 Å². The summed E-state index contributed by atoms with van der Waals surface area (Å²) < 4.78 is 0. The zero-order valence-corrected chi connectivity index (χ0v) is 6.56. The van der Waals surface area contributed by atoms with E-state index < -0.39 is 5.69 Å². The van der Waals surface area contributed by atoms with Crippen LogP contribution >= 0.6 is 0 Å². The van der Waals surface area contributed by atoms with E-state index in [1.54, 1.807) is 0 Å². The van der Waals surface area contributed by atoms with Crippen LogP contribution in [-0.2, 0) is 21.1 Å². The predicted molar refractivity (Wildman–Crippen MR) is 27.7 cm³/mol. The van der Waals surface area contributed by atoms with Crippen molar-refractivity contribution < 1.29 is 21.1 Å². The Kier molecular flexibility index (Phi) is 3.17. The molecule has 0 amide bonds. The fourth-order valence-corrected chi connectivity index (χ4v) is 0.383. The summed E-state index contributed by atoms with van der Waals surface area (Å²) in [5.74, 6) is 0. The number of H-pyrrole nitrogens is 2. The summed E-state index contributed by atoms with van der Waals surface area (Å²) in [7, 11) is 0. The second-order valence-corrected chi connectivity index (χ2v) is 1.30. The van der Waals surface area contributed by atoms with Gasteiger partial charge in [0.15, 0.2) is 0 Å². The molecule has 0 radical (unpaired) electrons. The van der Waals surface area contributed by atoms with Crippen LogP contribution in [-0.4, -0.2) is 9.97 Å². The molecule has 9 heavy (non-hydrogen) atoms. The average molecular weight is 307 g/mol. The van der Waals surface area contributed by atoms with E-state index in [-0.39, 0.29) is 26.6 Å². The number of aromatic amines is 2. The van der Waals surface area contributed by atoms with Crippen LogP contribution in [0.5, 0.6) is 0 Å². The van der Waals surface area contributed by atoms with Gasteiger partial charge < -0.3 is 4.98 Å². The first-order valence-electron chi connectivity index (χ1n) is 2.07. The second kappa shape index (κ2) is 3.40. The van der Waals surface area contributed by atoms with Gasteiger partial charge in [-0.15, -0.1) is 0 Å². The van der Waals surface area contributed by atoms with E-state index in [0.29, 0.717) is 0 Å². The van der Waals surface area contributed by atoms with E-state index >= 15 is 0 Å². The first-order valence-corrected chi connectivity index (χ1v) is 2.07. The molecule has 0 bridgehead atoms. The van der Waals surface area contributed by atoms with E-state index in [4.69, 9.17) is 0 Å². The van der Waals surface area contributed by atoms with Crippen molar-refractivity contribution in [1.29, 1.82) is 0 Å². The molecule has 5 heteroatoms. The summed E-state index contributed by atoms with van der Waals surface area (Å²) in [5.41, 5.74) is -0.855. The van der Waals surface area contributed by atoms with Crippen LogP contribution in [0.25, 0.3) is 0 Å². The fourth-order valence-electron chi connectivity index (χ4n) is 0.383. The fraction of sp³-hybridized carbons (Fsp3) is 0. The van der Waals surface area contributed by atoms with Crippen molar-refractivity contribution in [2.75, 3.05) is 0 Å². The average Bonchev–Trinajstić information content (AvgIpc) is 1.64. The van der Waals surface area contributed by atoms with E-state index in [0.717, 1.165) is 0 Å². The Morgan fingerprint density at radius 1 is 1.33 bits per heavy atom. The molecule has 1 aromatic rings. The van der Waals surface area contributed by atoms with Crippen LogP contribution in [0.15, 0.2) is 21.9 Å². The minimum absolute atomic E-state index is 0. The minimum Gasteiger partial charge on any atom is -0.314 e. The maximum absolute atomic E-state index is 10.2. The molecule has 0 fully saturated rings. The first kappa shape index (κ1) is 8.37. The van der Waals surface area contributed by atoms with Gasteiger partial charge in [-0.05, 0) is 0 Å². The van der Waals surface area contributed by atoms with E-state index in [2.05, 4.69) is 4.98 Å². The van der Waals surface area contributed by atoms with Gasteiger partial charge in [0, 0.05) is 12.3 Å². The van der Waals surface area contributed by atoms with E-state index in [1.165, 1.54) is 12.3 Å². The normalized spacial score (nSPS) is 8.00. The zero-order chi connectivity index (χ0) is 5.98. The summed E-state index contributed by atoms with van der Waals surface area (Å²) in [4.78, 5) is 24.7. The quantitative estimate of drug-likeness (QED) is 0.650. The van der Waals surface area contributed by atoms with Crippen molar-refractivity contribution in [1.82, 2.24) is 9.97 Å². The van der Waals surface area contributed by atoms with E-state index in [9.17, 15) is 9.59 Å². The number of aromatic nitrogens is 2. The summed E-state index contributed by atoms with van der Waals surface area (Å²) in [6.07, 6.45) is 1.29. The molecule has 2 N–H and O–H groups in total. The van der Waals surface area contributed by atoms with Crippen molar-refractivity contribution >= 4 is 0 Å². The molecule has 1 rings (SSSR count). The van der Waals surface area contributed by atoms with Crippen LogP contribution in [0.1, 0.15) is 0 Å². The Balaban J connectivity index is 0.000000640. The Morgan fingerprint density at radius 3 is 2.33 bits per heavy atom. The molecule has 0 atom stereocenters. The molecule has 1 heterocycles. The topological polar surface area (TPSA) is 65.7 Å². The molecular formula is C4H4N2O2Pt+2. The Morgan fingerprint density at radius 2 is 2.00 bits per heavy atom. The largest absolute Gasteiger partial charge is 2.00 e. The predicted octanol–water partition coefficient (Wildman–Crippen LogP) is -0.939. The number of rotatable bonds is 0. The van der Waals surface area contributed by atoms with Gasteiger partial charge in [-0.25, -0.2) is 4.79 Å².